The number of anilines is 1. The summed E-state index contributed by atoms with van der Waals surface area (Å²) in [6.45, 7) is 0. The number of rotatable bonds is 4. The molecule has 0 unspecified atom stereocenters. The molecule has 1 aromatic rings. The van der Waals surface area contributed by atoms with Crippen LogP contribution in [0.5, 0.6) is 0 Å². The number of nitriles is 1. The van der Waals surface area contributed by atoms with Gasteiger partial charge in [-0.3, -0.25) is 4.79 Å². The number of halogens is 1. The second-order valence-corrected chi connectivity index (χ2v) is 5.51. The van der Waals surface area contributed by atoms with Gasteiger partial charge in [0.15, 0.2) is 0 Å². The summed E-state index contributed by atoms with van der Waals surface area (Å²) in [5.74, 6) is -0.330. The van der Waals surface area contributed by atoms with Crippen LogP contribution in [-0.2, 0) is 4.79 Å². The Morgan fingerprint density at radius 3 is 2.67 bits per heavy atom. The van der Waals surface area contributed by atoms with E-state index >= 15 is 0 Å². The largest absolute Gasteiger partial charge is 0.359 e. The minimum atomic E-state index is -0.330. The van der Waals surface area contributed by atoms with Gasteiger partial charge in [-0.1, -0.05) is 43.0 Å². The van der Waals surface area contributed by atoms with Crippen LogP contribution in [0.1, 0.15) is 32.1 Å². The average molecular weight is 304 g/mol. The fraction of sp³-hybridized carbons (Fsp3) is 0.375. The van der Waals surface area contributed by atoms with Crippen LogP contribution in [0.3, 0.4) is 0 Å². The molecule has 5 heteroatoms. The lowest BCUT2D eigenvalue weighted by Gasteiger charge is -2.22. The number of nitrogens with zero attached hydrogens (tertiary/aromatic N) is 1. The molecule has 0 saturated heterocycles. The normalized spacial score (nSPS) is 16.1. The number of hydrogen-bond donors (Lipinski definition) is 2. The maximum atomic E-state index is 12.1. The summed E-state index contributed by atoms with van der Waals surface area (Å²) in [7, 11) is 0. The lowest BCUT2D eigenvalue weighted by molar-refractivity contribution is -0.118. The number of benzene rings is 1. The third-order valence-corrected chi connectivity index (χ3v) is 3.88. The highest BCUT2D eigenvalue weighted by Gasteiger charge is 2.17. The molecule has 21 heavy (non-hydrogen) atoms. The van der Waals surface area contributed by atoms with E-state index in [-0.39, 0.29) is 17.5 Å². The van der Waals surface area contributed by atoms with E-state index in [0.717, 1.165) is 25.7 Å². The summed E-state index contributed by atoms with van der Waals surface area (Å²) in [5, 5.41) is 15.5. The molecule has 0 aromatic heterocycles. The zero-order chi connectivity index (χ0) is 15.1. The van der Waals surface area contributed by atoms with Gasteiger partial charge in [0.1, 0.15) is 11.6 Å². The van der Waals surface area contributed by atoms with Gasteiger partial charge in [-0.25, -0.2) is 0 Å². The first-order chi connectivity index (χ1) is 10.2. The van der Waals surface area contributed by atoms with Crippen LogP contribution in [0.2, 0.25) is 5.02 Å². The lowest BCUT2D eigenvalue weighted by atomic mass is 9.95. The summed E-state index contributed by atoms with van der Waals surface area (Å²) >= 11 is 6.01. The van der Waals surface area contributed by atoms with Crippen molar-refractivity contribution in [3.05, 3.63) is 41.1 Å². The highest BCUT2D eigenvalue weighted by molar-refractivity contribution is 6.33. The fourth-order valence-electron chi connectivity index (χ4n) is 2.39. The molecular formula is C16H18ClN3O. The molecule has 1 fully saturated rings. The molecule has 0 bridgehead atoms. The Bertz CT molecular complexity index is 571. The van der Waals surface area contributed by atoms with Gasteiger partial charge >= 0.3 is 0 Å². The van der Waals surface area contributed by atoms with Gasteiger partial charge in [-0.15, -0.1) is 0 Å². The van der Waals surface area contributed by atoms with Crippen molar-refractivity contribution in [1.29, 1.82) is 5.26 Å². The molecule has 1 amide bonds. The Morgan fingerprint density at radius 1 is 1.29 bits per heavy atom. The Hall–Kier alpha value is -1.99. The van der Waals surface area contributed by atoms with E-state index in [9.17, 15) is 4.79 Å². The Labute approximate surface area is 129 Å². The van der Waals surface area contributed by atoms with Crippen molar-refractivity contribution in [1.82, 2.24) is 5.32 Å². The molecule has 4 nitrogen and oxygen atoms in total. The first-order valence-corrected chi connectivity index (χ1v) is 7.50. The zero-order valence-electron chi connectivity index (χ0n) is 11.7. The zero-order valence-corrected chi connectivity index (χ0v) is 12.5. The van der Waals surface area contributed by atoms with Crippen molar-refractivity contribution in [2.24, 2.45) is 0 Å². The van der Waals surface area contributed by atoms with E-state index in [2.05, 4.69) is 10.6 Å². The van der Waals surface area contributed by atoms with Crippen LogP contribution < -0.4 is 10.6 Å². The molecule has 1 aliphatic rings. The first-order valence-electron chi connectivity index (χ1n) is 7.13. The Kier molecular flexibility index (Phi) is 5.65. The molecule has 0 atom stereocenters. The summed E-state index contributed by atoms with van der Waals surface area (Å²) in [5.41, 5.74) is 0.720. The molecule has 2 N–H and O–H groups in total. The van der Waals surface area contributed by atoms with E-state index in [4.69, 9.17) is 16.9 Å². The maximum Gasteiger partial charge on any atom is 0.263 e. The molecule has 1 saturated carbocycles. The number of carbonyl (C=O) groups excluding carboxylic acids is 1. The van der Waals surface area contributed by atoms with Crippen LogP contribution in [0.15, 0.2) is 36.0 Å². The van der Waals surface area contributed by atoms with Gasteiger partial charge in [0.05, 0.1) is 10.7 Å². The van der Waals surface area contributed by atoms with E-state index in [0.29, 0.717) is 10.7 Å². The minimum Gasteiger partial charge on any atom is -0.359 e. The van der Waals surface area contributed by atoms with E-state index in [1.807, 2.05) is 18.2 Å². The molecule has 110 valence electrons. The first kappa shape index (κ1) is 15.4. The summed E-state index contributed by atoms with van der Waals surface area (Å²) in [6, 6.07) is 9.28. The third kappa shape index (κ3) is 4.51. The Morgan fingerprint density at radius 2 is 2.00 bits per heavy atom. The number of para-hydroxylation sites is 1. The monoisotopic (exact) mass is 303 g/mol. The second-order valence-electron chi connectivity index (χ2n) is 5.10. The van der Waals surface area contributed by atoms with Crippen molar-refractivity contribution in [2.45, 2.75) is 38.1 Å². The number of amides is 1. The molecule has 0 radical (unpaired) electrons. The van der Waals surface area contributed by atoms with Crippen molar-refractivity contribution >= 4 is 23.2 Å². The lowest BCUT2D eigenvalue weighted by Crippen LogP contribution is -2.37. The topological polar surface area (TPSA) is 64.9 Å². The molecule has 0 heterocycles. The molecule has 0 spiro atoms. The molecule has 1 aromatic carbocycles. The van der Waals surface area contributed by atoms with Crippen LogP contribution in [0.25, 0.3) is 0 Å². The van der Waals surface area contributed by atoms with Crippen molar-refractivity contribution in [3.8, 4) is 6.07 Å². The average Bonchev–Trinajstić information content (AvgIpc) is 2.50. The standard InChI is InChI=1S/C16H18ClN3O/c17-14-8-4-5-9-15(14)19-11-12(10-18)16(21)20-13-6-2-1-3-7-13/h4-5,8-9,11,13,19H,1-3,6-7H2,(H,20,21)/b12-11-. The Balaban J connectivity index is 1.98. The number of carbonyl (C=O) groups is 1. The SMILES string of the molecule is N#C/C(=C/Nc1ccccc1Cl)C(=O)NC1CCCCC1. The van der Waals surface area contributed by atoms with E-state index < -0.39 is 0 Å². The van der Waals surface area contributed by atoms with Gasteiger partial charge < -0.3 is 10.6 Å². The van der Waals surface area contributed by atoms with Crippen molar-refractivity contribution < 1.29 is 4.79 Å². The number of nitrogens with one attached hydrogen (secondary N) is 2. The second kappa shape index (κ2) is 7.70. The maximum absolute atomic E-state index is 12.1. The predicted octanol–water partition coefficient (Wildman–Crippen LogP) is 3.61. The fourth-order valence-corrected chi connectivity index (χ4v) is 2.58. The highest BCUT2D eigenvalue weighted by atomic mass is 35.5. The van der Waals surface area contributed by atoms with Gasteiger partial charge in [0, 0.05) is 12.2 Å². The predicted molar refractivity (Wildman–Crippen MR) is 83.8 cm³/mol. The van der Waals surface area contributed by atoms with Crippen LogP contribution in [-0.4, -0.2) is 11.9 Å². The smallest absolute Gasteiger partial charge is 0.263 e. The third-order valence-electron chi connectivity index (χ3n) is 3.55. The summed E-state index contributed by atoms with van der Waals surface area (Å²) in [4.78, 5) is 12.1. The van der Waals surface area contributed by atoms with Gasteiger partial charge in [-0.05, 0) is 25.0 Å². The van der Waals surface area contributed by atoms with Crippen molar-refractivity contribution in [2.75, 3.05) is 5.32 Å². The van der Waals surface area contributed by atoms with Crippen LogP contribution >= 0.6 is 11.6 Å². The van der Waals surface area contributed by atoms with E-state index in [1.165, 1.54) is 12.6 Å². The van der Waals surface area contributed by atoms with Crippen LogP contribution in [0, 0.1) is 11.3 Å². The molecular weight excluding hydrogens is 286 g/mol. The minimum absolute atomic E-state index is 0.0560. The van der Waals surface area contributed by atoms with Crippen molar-refractivity contribution in [3.63, 3.8) is 0 Å². The highest BCUT2D eigenvalue weighted by Crippen LogP contribution is 2.21. The molecule has 2 rings (SSSR count). The van der Waals surface area contributed by atoms with Crippen LogP contribution in [0.4, 0.5) is 5.69 Å². The summed E-state index contributed by atoms with van der Waals surface area (Å²) in [6.07, 6.45) is 6.87. The summed E-state index contributed by atoms with van der Waals surface area (Å²) < 4.78 is 0. The quantitative estimate of drug-likeness (QED) is 0.659. The van der Waals surface area contributed by atoms with Gasteiger partial charge in [-0.2, -0.15) is 5.26 Å². The van der Waals surface area contributed by atoms with E-state index in [1.54, 1.807) is 12.1 Å². The van der Waals surface area contributed by atoms with Gasteiger partial charge in [0.25, 0.3) is 5.91 Å². The number of hydrogen-bond acceptors (Lipinski definition) is 3. The van der Waals surface area contributed by atoms with Gasteiger partial charge in [0.2, 0.25) is 0 Å². The molecule has 0 aliphatic heterocycles. The molecule has 1 aliphatic carbocycles.